The van der Waals surface area contributed by atoms with E-state index in [4.69, 9.17) is 4.98 Å². The van der Waals surface area contributed by atoms with Gasteiger partial charge in [-0.2, -0.15) is 0 Å². The van der Waals surface area contributed by atoms with Crippen LogP contribution in [0.15, 0.2) is 48.5 Å². The molecule has 2 aliphatic rings. The zero-order valence-corrected chi connectivity index (χ0v) is 15.8. The lowest BCUT2D eigenvalue weighted by atomic mass is 10.0. The molecule has 0 bridgehead atoms. The van der Waals surface area contributed by atoms with Crippen LogP contribution < -0.4 is 0 Å². The number of fused-ring (bicyclic) bond motifs is 1. The lowest BCUT2D eigenvalue weighted by Gasteiger charge is -2.35. The van der Waals surface area contributed by atoms with Crippen molar-refractivity contribution in [1.29, 1.82) is 0 Å². The Morgan fingerprint density at radius 1 is 1.11 bits per heavy atom. The van der Waals surface area contributed by atoms with Crippen molar-refractivity contribution in [3.63, 3.8) is 0 Å². The summed E-state index contributed by atoms with van der Waals surface area (Å²) in [6.45, 7) is 0.812. The average Bonchev–Trinajstić information content (AvgIpc) is 3.38. The van der Waals surface area contributed by atoms with Crippen molar-refractivity contribution in [3.05, 3.63) is 64.9 Å². The molecule has 27 heavy (non-hydrogen) atoms. The molecule has 138 valence electrons. The van der Waals surface area contributed by atoms with Crippen LogP contribution in [0.4, 0.5) is 4.39 Å². The maximum Gasteiger partial charge on any atom is 0.226 e. The zero-order valence-electron chi connectivity index (χ0n) is 15.0. The Kier molecular flexibility index (Phi) is 4.20. The number of piperidine rings is 1. The number of carbonyl (C=O) groups is 1. The molecule has 0 N–H and O–H groups in total. The second kappa shape index (κ2) is 6.71. The van der Waals surface area contributed by atoms with Crippen LogP contribution in [0.1, 0.15) is 48.2 Å². The van der Waals surface area contributed by atoms with E-state index in [2.05, 4.69) is 11.0 Å². The number of hydrogen-bond acceptors (Lipinski definition) is 3. The van der Waals surface area contributed by atoms with Crippen LogP contribution in [-0.2, 0) is 4.79 Å². The van der Waals surface area contributed by atoms with Gasteiger partial charge in [-0.05, 0) is 61.4 Å². The maximum atomic E-state index is 13.2. The first-order valence-corrected chi connectivity index (χ1v) is 10.4. The predicted octanol–water partition coefficient (Wildman–Crippen LogP) is 5.29. The highest BCUT2D eigenvalue weighted by molar-refractivity contribution is 7.18. The normalized spacial score (nSPS) is 24.9. The summed E-state index contributed by atoms with van der Waals surface area (Å²) in [4.78, 5) is 20.1. The standard InChI is InChI=1S/C22H21FN2OS/c23-15-10-8-14(9-11-15)16-13-17(16)22(26)25-12-4-3-6-19(25)21-24-18-5-1-2-7-20(18)27-21/h1-2,5,7-11,16-17,19H,3-4,6,12-13H2/t16-,17-,19+/m1/s1. The van der Waals surface area contributed by atoms with Crippen molar-refractivity contribution in [2.24, 2.45) is 5.92 Å². The zero-order chi connectivity index (χ0) is 18.4. The van der Waals surface area contributed by atoms with Crippen LogP contribution in [0.25, 0.3) is 10.2 Å². The van der Waals surface area contributed by atoms with E-state index >= 15 is 0 Å². The SMILES string of the molecule is O=C([C@@H]1C[C@@H]1c1ccc(F)cc1)N1CCCC[C@H]1c1nc2ccccc2s1. The van der Waals surface area contributed by atoms with Gasteiger partial charge in [0.15, 0.2) is 0 Å². The molecule has 0 unspecified atom stereocenters. The Balaban J connectivity index is 1.37. The van der Waals surface area contributed by atoms with Crippen LogP contribution in [0.5, 0.6) is 0 Å². The van der Waals surface area contributed by atoms with Gasteiger partial charge < -0.3 is 4.90 Å². The van der Waals surface area contributed by atoms with E-state index < -0.39 is 0 Å². The van der Waals surface area contributed by atoms with E-state index in [1.54, 1.807) is 11.3 Å². The Morgan fingerprint density at radius 3 is 2.74 bits per heavy atom. The third-order valence-electron chi connectivity index (χ3n) is 5.79. The number of nitrogens with zero attached hydrogens (tertiary/aromatic N) is 2. The van der Waals surface area contributed by atoms with E-state index in [9.17, 15) is 9.18 Å². The van der Waals surface area contributed by atoms with Crippen LogP contribution in [0.3, 0.4) is 0 Å². The van der Waals surface area contributed by atoms with Crippen molar-refractivity contribution in [3.8, 4) is 0 Å². The molecule has 1 saturated heterocycles. The fraction of sp³-hybridized carbons (Fsp3) is 0.364. The molecule has 2 heterocycles. The average molecular weight is 380 g/mol. The number of rotatable bonds is 3. The fourth-order valence-corrected chi connectivity index (χ4v) is 5.36. The van der Waals surface area contributed by atoms with Gasteiger partial charge >= 0.3 is 0 Å². The largest absolute Gasteiger partial charge is 0.333 e. The van der Waals surface area contributed by atoms with Crippen molar-refractivity contribution in [1.82, 2.24) is 9.88 Å². The van der Waals surface area contributed by atoms with Gasteiger partial charge in [0.25, 0.3) is 0 Å². The molecule has 2 fully saturated rings. The summed E-state index contributed by atoms with van der Waals surface area (Å²) in [5, 5.41) is 1.06. The summed E-state index contributed by atoms with van der Waals surface area (Å²) in [5.41, 5.74) is 2.09. The molecule has 1 saturated carbocycles. The van der Waals surface area contributed by atoms with Gasteiger partial charge in [0.2, 0.25) is 5.91 Å². The van der Waals surface area contributed by atoms with Crippen molar-refractivity contribution >= 4 is 27.5 Å². The van der Waals surface area contributed by atoms with Crippen LogP contribution in [-0.4, -0.2) is 22.3 Å². The molecule has 3 atom stereocenters. The first kappa shape index (κ1) is 16.9. The first-order chi connectivity index (χ1) is 13.2. The highest BCUT2D eigenvalue weighted by Crippen LogP contribution is 2.50. The summed E-state index contributed by atoms with van der Waals surface area (Å²) in [5.74, 6) is 0.281. The van der Waals surface area contributed by atoms with Gasteiger partial charge in [-0.1, -0.05) is 24.3 Å². The van der Waals surface area contributed by atoms with E-state index in [-0.39, 0.29) is 29.6 Å². The molecule has 3 nitrogen and oxygen atoms in total. The molecule has 5 rings (SSSR count). The van der Waals surface area contributed by atoms with E-state index in [0.717, 1.165) is 48.3 Å². The minimum absolute atomic E-state index is 0.0328. The van der Waals surface area contributed by atoms with Crippen LogP contribution in [0.2, 0.25) is 0 Å². The smallest absolute Gasteiger partial charge is 0.226 e. The number of amides is 1. The highest BCUT2D eigenvalue weighted by Gasteiger charge is 2.47. The molecule has 1 aliphatic heterocycles. The third-order valence-corrected chi connectivity index (χ3v) is 6.92. The molecule has 2 aromatic carbocycles. The van der Waals surface area contributed by atoms with Crippen LogP contribution in [0, 0.1) is 11.7 Å². The van der Waals surface area contributed by atoms with Crippen LogP contribution >= 0.6 is 11.3 Å². The Morgan fingerprint density at radius 2 is 1.93 bits per heavy atom. The Labute approximate surface area is 161 Å². The molecule has 0 radical (unpaired) electrons. The number of likely N-dealkylation sites (tertiary alicyclic amines) is 1. The number of benzene rings is 2. The summed E-state index contributed by atoms with van der Waals surface area (Å²) in [7, 11) is 0. The molecule has 3 aromatic rings. The lowest BCUT2D eigenvalue weighted by Crippen LogP contribution is -2.39. The van der Waals surface area contributed by atoms with E-state index in [1.807, 2.05) is 30.3 Å². The van der Waals surface area contributed by atoms with Crippen molar-refractivity contribution < 1.29 is 9.18 Å². The quantitative estimate of drug-likeness (QED) is 0.618. The number of thiazole rings is 1. The molecular weight excluding hydrogens is 359 g/mol. The number of carbonyl (C=O) groups excluding carboxylic acids is 1. The van der Waals surface area contributed by atoms with Gasteiger partial charge in [0.05, 0.1) is 16.3 Å². The Bertz CT molecular complexity index is 950. The summed E-state index contributed by atoms with van der Waals surface area (Å²) >= 11 is 1.71. The molecule has 5 heteroatoms. The summed E-state index contributed by atoms with van der Waals surface area (Å²) in [6, 6.07) is 14.9. The number of para-hydroxylation sites is 1. The topological polar surface area (TPSA) is 33.2 Å². The maximum absolute atomic E-state index is 13.2. The minimum Gasteiger partial charge on any atom is -0.333 e. The minimum atomic E-state index is -0.228. The molecule has 1 aliphatic carbocycles. The second-order valence-electron chi connectivity index (χ2n) is 7.56. The molecular formula is C22H21FN2OS. The van der Waals surface area contributed by atoms with Gasteiger partial charge in [-0.25, -0.2) is 9.37 Å². The second-order valence-corrected chi connectivity index (χ2v) is 8.63. The number of aromatic nitrogens is 1. The lowest BCUT2D eigenvalue weighted by molar-refractivity contribution is -0.136. The summed E-state index contributed by atoms with van der Waals surface area (Å²) < 4.78 is 14.3. The predicted molar refractivity (Wildman–Crippen MR) is 105 cm³/mol. The van der Waals surface area contributed by atoms with Gasteiger partial charge in [-0.3, -0.25) is 4.79 Å². The third kappa shape index (κ3) is 3.14. The van der Waals surface area contributed by atoms with Gasteiger partial charge in [0, 0.05) is 12.5 Å². The molecule has 0 spiro atoms. The highest BCUT2D eigenvalue weighted by atomic mass is 32.1. The molecule has 1 aromatic heterocycles. The van der Waals surface area contributed by atoms with E-state index in [1.165, 1.54) is 16.8 Å². The van der Waals surface area contributed by atoms with Crippen molar-refractivity contribution in [2.75, 3.05) is 6.54 Å². The summed E-state index contributed by atoms with van der Waals surface area (Å²) in [6.07, 6.45) is 4.05. The number of halogens is 1. The van der Waals surface area contributed by atoms with E-state index in [0.29, 0.717) is 0 Å². The first-order valence-electron chi connectivity index (χ1n) is 9.62. The monoisotopic (exact) mass is 380 g/mol. The molecule has 1 amide bonds. The number of hydrogen-bond donors (Lipinski definition) is 0. The Hall–Kier alpha value is -2.27. The van der Waals surface area contributed by atoms with Gasteiger partial charge in [-0.15, -0.1) is 11.3 Å². The fourth-order valence-electron chi connectivity index (χ4n) is 4.24. The van der Waals surface area contributed by atoms with Crippen molar-refractivity contribution in [2.45, 2.75) is 37.6 Å². The van der Waals surface area contributed by atoms with Gasteiger partial charge in [0.1, 0.15) is 10.8 Å².